The van der Waals surface area contributed by atoms with Crippen molar-refractivity contribution in [3.05, 3.63) is 86.9 Å². The number of imidazole rings is 1. The second-order valence-corrected chi connectivity index (χ2v) is 6.38. The fourth-order valence-electron chi connectivity index (χ4n) is 2.54. The van der Waals surface area contributed by atoms with Crippen molar-refractivity contribution in [2.75, 3.05) is 6.54 Å². The summed E-state index contributed by atoms with van der Waals surface area (Å²) < 4.78 is 2.52. The van der Waals surface area contributed by atoms with Crippen molar-refractivity contribution in [1.29, 1.82) is 0 Å². The molecule has 0 atom stereocenters. The molecule has 0 bridgehead atoms. The van der Waals surface area contributed by atoms with Crippen LogP contribution in [0.25, 0.3) is 5.69 Å². The predicted octanol–water partition coefficient (Wildman–Crippen LogP) is 3.52. The average molecular weight is 415 g/mol. The number of amides is 1. The second kappa shape index (κ2) is 7.92. The molecule has 8 heteroatoms. The van der Waals surface area contributed by atoms with E-state index in [0.29, 0.717) is 18.7 Å². The molecule has 1 amide bonds. The Labute approximate surface area is 158 Å². The number of nitro benzene ring substituents is 1. The summed E-state index contributed by atoms with van der Waals surface area (Å²) in [6, 6.07) is 12.2. The zero-order chi connectivity index (χ0) is 18.5. The number of carbonyl (C=O) groups is 1. The molecule has 1 N–H and O–H groups in total. The van der Waals surface area contributed by atoms with Crippen LogP contribution in [0, 0.1) is 10.1 Å². The number of hydrogen-bond donors (Lipinski definition) is 1. The van der Waals surface area contributed by atoms with Crippen LogP contribution in [0.15, 0.2) is 65.7 Å². The Kier molecular flexibility index (Phi) is 5.43. The van der Waals surface area contributed by atoms with Gasteiger partial charge < -0.3 is 9.88 Å². The highest BCUT2D eigenvalue weighted by Crippen LogP contribution is 2.24. The summed E-state index contributed by atoms with van der Waals surface area (Å²) in [5.74, 6) is -0.350. The molecule has 0 aliphatic carbocycles. The van der Waals surface area contributed by atoms with Crippen molar-refractivity contribution in [3.8, 4) is 5.69 Å². The van der Waals surface area contributed by atoms with Crippen molar-refractivity contribution in [2.24, 2.45) is 0 Å². The number of nitrogens with one attached hydrogen (secondary N) is 1. The van der Waals surface area contributed by atoms with E-state index < -0.39 is 4.92 Å². The van der Waals surface area contributed by atoms with Crippen LogP contribution in [0.4, 0.5) is 5.69 Å². The van der Waals surface area contributed by atoms with E-state index in [-0.39, 0.29) is 17.2 Å². The Morgan fingerprint density at radius 2 is 2.08 bits per heavy atom. The largest absolute Gasteiger partial charge is 0.352 e. The molecule has 0 fully saturated rings. The zero-order valence-electron chi connectivity index (χ0n) is 13.6. The first-order valence-electron chi connectivity index (χ1n) is 7.84. The molecule has 0 aliphatic rings. The third-order valence-corrected chi connectivity index (χ3v) is 4.63. The Hall–Kier alpha value is -3.00. The van der Waals surface area contributed by atoms with Gasteiger partial charge in [-0.15, -0.1) is 0 Å². The standard InChI is InChI=1S/C18H15BrN4O3/c19-15-4-2-1-3-13(15)7-8-21-18(24)14-5-6-16(17(11-14)23(25)26)22-10-9-20-12-22/h1-6,9-12H,7-8H2,(H,21,24). The summed E-state index contributed by atoms with van der Waals surface area (Å²) in [7, 11) is 0. The van der Waals surface area contributed by atoms with Gasteiger partial charge in [-0.05, 0) is 30.2 Å². The first-order chi connectivity index (χ1) is 12.6. The third-order valence-electron chi connectivity index (χ3n) is 3.85. The average Bonchev–Trinajstić information content (AvgIpc) is 3.17. The highest BCUT2D eigenvalue weighted by molar-refractivity contribution is 9.10. The molecular formula is C18H15BrN4O3. The monoisotopic (exact) mass is 414 g/mol. The molecule has 0 saturated carbocycles. The van der Waals surface area contributed by atoms with E-state index in [4.69, 9.17) is 0 Å². The van der Waals surface area contributed by atoms with Crippen LogP contribution in [0.3, 0.4) is 0 Å². The molecular weight excluding hydrogens is 400 g/mol. The molecule has 2 aromatic carbocycles. The van der Waals surface area contributed by atoms with Gasteiger partial charge in [-0.2, -0.15) is 0 Å². The lowest BCUT2D eigenvalue weighted by Gasteiger charge is -2.08. The number of halogens is 1. The number of nitrogens with zero attached hydrogens (tertiary/aromatic N) is 3. The predicted molar refractivity (Wildman–Crippen MR) is 100 cm³/mol. The minimum atomic E-state index is -0.507. The molecule has 1 heterocycles. The molecule has 7 nitrogen and oxygen atoms in total. The molecule has 0 unspecified atom stereocenters. The summed E-state index contributed by atoms with van der Waals surface area (Å²) >= 11 is 3.47. The van der Waals surface area contributed by atoms with Gasteiger partial charge in [0.1, 0.15) is 5.69 Å². The number of rotatable bonds is 6. The number of hydrogen-bond acceptors (Lipinski definition) is 4. The summed E-state index contributed by atoms with van der Waals surface area (Å²) in [5, 5.41) is 14.2. The van der Waals surface area contributed by atoms with Crippen molar-refractivity contribution >= 4 is 27.5 Å². The molecule has 0 radical (unpaired) electrons. The first-order valence-corrected chi connectivity index (χ1v) is 8.64. The van der Waals surface area contributed by atoms with Crippen molar-refractivity contribution in [1.82, 2.24) is 14.9 Å². The molecule has 3 rings (SSSR count). The van der Waals surface area contributed by atoms with Crippen molar-refractivity contribution in [3.63, 3.8) is 0 Å². The van der Waals surface area contributed by atoms with Gasteiger partial charge in [0.15, 0.2) is 0 Å². The number of aromatic nitrogens is 2. The topological polar surface area (TPSA) is 90.1 Å². The Bertz CT molecular complexity index is 941. The Balaban J connectivity index is 1.72. The van der Waals surface area contributed by atoms with Gasteiger partial charge in [0.25, 0.3) is 11.6 Å². The third kappa shape index (κ3) is 3.97. The Morgan fingerprint density at radius 1 is 1.27 bits per heavy atom. The van der Waals surface area contributed by atoms with Crippen molar-refractivity contribution < 1.29 is 9.72 Å². The second-order valence-electron chi connectivity index (χ2n) is 5.53. The molecule has 0 aliphatic heterocycles. The first kappa shape index (κ1) is 17.8. The van der Waals surface area contributed by atoms with Gasteiger partial charge in [0, 0.05) is 35.0 Å². The van der Waals surface area contributed by atoms with Crippen LogP contribution < -0.4 is 5.32 Å². The van der Waals surface area contributed by atoms with E-state index in [1.807, 2.05) is 24.3 Å². The van der Waals surface area contributed by atoms with E-state index in [1.54, 1.807) is 18.3 Å². The maximum atomic E-state index is 12.3. The van der Waals surface area contributed by atoms with Gasteiger partial charge in [-0.25, -0.2) is 4.98 Å². The van der Waals surface area contributed by atoms with E-state index >= 15 is 0 Å². The number of nitro groups is 1. The van der Waals surface area contributed by atoms with E-state index in [0.717, 1.165) is 10.0 Å². The zero-order valence-corrected chi connectivity index (χ0v) is 15.2. The van der Waals surface area contributed by atoms with Gasteiger partial charge in [0.05, 0.1) is 11.3 Å². The van der Waals surface area contributed by atoms with E-state index in [2.05, 4.69) is 26.2 Å². The number of carbonyl (C=O) groups excluding carboxylic acids is 1. The van der Waals surface area contributed by atoms with Gasteiger partial charge in [-0.1, -0.05) is 34.1 Å². The lowest BCUT2D eigenvalue weighted by atomic mass is 10.1. The molecule has 0 spiro atoms. The SMILES string of the molecule is O=C(NCCc1ccccc1Br)c1ccc(-n2ccnc2)c([N+](=O)[O-])c1. The van der Waals surface area contributed by atoms with E-state index in [9.17, 15) is 14.9 Å². The fraction of sp³-hybridized carbons (Fsp3) is 0.111. The van der Waals surface area contributed by atoms with Crippen LogP contribution in [0.2, 0.25) is 0 Å². The maximum Gasteiger partial charge on any atom is 0.294 e. The number of benzene rings is 2. The molecule has 0 saturated heterocycles. The summed E-state index contributed by atoms with van der Waals surface area (Å²) in [6.07, 6.45) is 5.27. The van der Waals surface area contributed by atoms with Crippen LogP contribution in [0.5, 0.6) is 0 Å². The quantitative estimate of drug-likeness (QED) is 0.493. The summed E-state index contributed by atoms with van der Waals surface area (Å²) in [4.78, 5) is 27.1. The summed E-state index contributed by atoms with van der Waals surface area (Å²) in [6.45, 7) is 0.429. The van der Waals surface area contributed by atoms with Crippen LogP contribution in [-0.2, 0) is 6.42 Å². The summed E-state index contributed by atoms with van der Waals surface area (Å²) in [5.41, 5.74) is 1.53. The van der Waals surface area contributed by atoms with Crippen LogP contribution in [0.1, 0.15) is 15.9 Å². The molecule has 132 valence electrons. The highest BCUT2D eigenvalue weighted by Gasteiger charge is 2.18. The van der Waals surface area contributed by atoms with Crippen molar-refractivity contribution in [2.45, 2.75) is 6.42 Å². The molecule has 26 heavy (non-hydrogen) atoms. The van der Waals surface area contributed by atoms with Gasteiger partial charge in [-0.3, -0.25) is 14.9 Å². The fourth-order valence-corrected chi connectivity index (χ4v) is 3.03. The van der Waals surface area contributed by atoms with E-state index in [1.165, 1.54) is 23.2 Å². The van der Waals surface area contributed by atoms with Crippen LogP contribution >= 0.6 is 15.9 Å². The minimum absolute atomic E-state index is 0.151. The smallest absolute Gasteiger partial charge is 0.294 e. The molecule has 3 aromatic rings. The minimum Gasteiger partial charge on any atom is -0.352 e. The van der Waals surface area contributed by atoms with Gasteiger partial charge >= 0.3 is 0 Å². The molecule has 1 aromatic heterocycles. The normalized spacial score (nSPS) is 10.5. The lowest BCUT2D eigenvalue weighted by molar-refractivity contribution is -0.384. The Morgan fingerprint density at radius 3 is 2.77 bits per heavy atom. The van der Waals surface area contributed by atoms with Gasteiger partial charge in [0.2, 0.25) is 0 Å². The lowest BCUT2D eigenvalue weighted by Crippen LogP contribution is -2.25. The van der Waals surface area contributed by atoms with Crippen LogP contribution in [-0.4, -0.2) is 26.9 Å². The maximum absolute atomic E-state index is 12.3. The highest BCUT2D eigenvalue weighted by atomic mass is 79.9.